The summed E-state index contributed by atoms with van der Waals surface area (Å²) in [5.41, 5.74) is 0. The van der Waals surface area contributed by atoms with E-state index in [4.69, 9.17) is 0 Å². The van der Waals surface area contributed by atoms with E-state index in [1.54, 1.807) is 0 Å². The van der Waals surface area contributed by atoms with Crippen molar-refractivity contribution in [3.8, 4) is 0 Å². The van der Waals surface area contributed by atoms with Crippen molar-refractivity contribution in [2.24, 2.45) is 5.92 Å². The van der Waals surface area contributed by atoms with Crippen molar-refractivity contribution in [2.45, 2.75) is 84.3 Å². The standard InChI is InChI=1S/C17H34N2/c1-5-16-12-18-11-7-6-8-17(18)13-19(16)15(4)10-9-14(2)3/h14-17H,5-13H2,1-4H3. The summed E-state index contributed by atoms with van der Waals surface area (Å²) in [6, 6.07) is 2.44. The average Bonchev–Trinajstić information content (AvgIpc) is 2.43. The molecule has 0 bridgehead atoms. The minimum Gasteiger partial charge on any atom is -0.298 e. The molecule has 0 aromatic carbocycles. The third-order valence-electron chi connectivity index (χ3n) is 5.28. The molecule has 3 unspecified atom stereocenters. The van der Waals surface area contributed by atoms with Crippen LogP contribution in [0.2, 0.25) is 0 Å². The number of piperazine rings is 1. The van der Waals surface area contributed by atoms with Crippen LogP contribution in [0.4, 0.5) is 0 Å². The molecule has 2 aliphatic rings. The first-order chi connectivity index (χ1) is 9.11. The normalized spacial score (nSPS) is 31.4. The Bertz CT molecular complexity index is 264. The number of piperidine rings is 1. The lowest BCUT2D eigenvalue weighted by atomic mass is 9.93. The van der Waals surface area contributed by atoms with Gasteiger partial charge in [0, 0.05) is 31.2 Å². The number of hydrogen-bond acceptors (Lipinski definition) is 2. The maximum absolute atomic E-state index is 2.84. The van der Waals surface area contributed by atoms with Gasteiger partial charge in [0.1, 0.15) is 0 Å². The molecule has 2 fully saturated rings. The molecule has 2 heteroatoms. The van der Waals surface area contributed by atoms with Crippen LogP contribution < -0.4 is 0 Å². The Hall–Kier alpha value is -0.0800. The van der Waals surface area contributed by atoms with Gasteiger partial charge in [-0.3, -0.25) is 9.80 Å². The van der Waals surface area contributed by atoms with Crippen LogP contribution in [0.5, 0.6) is 0 Å². The molecule has 2 saturated heterocycles. The molecular weight excluding hydrogens is 232 g/mol. The molecule has 19 heavy (non-hydrogen) atoms. The van der Waals surface area contributed by atoms with Crippen molar-refractivity contribution in [3.63, 3.8) is 0 Å². The zero-order valence-corrected chi connectivity index (χ0v) is 13.6. The van der Waals surface area contributed by atoms with E-state index in [0.29, 0.717) is 0 Å². The molecule has 0 aliphatic carbocycles. The highest BCUT2D eigenvalue weighted by Crippen LogP contribution is 2.28. The highest BCUT2D eigenvalue weighted by Gasteiger charge is 2.35. The molecule has 0 amide bonds. The van der Waals surface area contributed by atoms with Gasteiger partial charge in [-0.25, -0.2) is 0 Å². The molecule has 2 aliphatic heterocycles. The van der Waals surface area contributed by atoms with Gasteiger partial charge in [0.2, 0.25) is 0 Å². The van der Waals surface area contributed by atoms with Gasteiger partial charge in [-0.15, -0.1) is 0 Å². The van der Waals surface area contributed by atoms with E-state index in [1.165, 1.54) is 58.2 Å². The fourth-order valence-electron chi connectivity index (χ4n) is 3.92. The molecule has 2 nitrogen and oxygen atoms in total. The summed E-state index contributed by atoms with van der Waals surface area (Å²) >= 11 is 0. The van der Waals surface area contributed by atoms with Crippen molar-refractivity contribution in [3.05, 3.63) is 0 Å². The zero-order valence-electron chi connectivity index (χ0n) is 13.6. The fourth-order valence-corrected chi connectivity index (χ4v) is 3.92. The predicted octanol–water partition coefficient (Wildman–Crippen LogP) is 3.76. The molecule has 0 saturated carbocycles. The molecule has 0 spiro atoms. The number of nitrogens with zero attached hydrogens (tertiary/aromatic N) is 2. The van der Waals surface area contributed by atoms with Gasteiger partial charge in [0.25, 0.3) is 0 Å². The average molecular weight is 266 g/mol. The molecule has 112 valence electrons. The Morgan fingerprint density at radius 2 is 1.84 bits per heavy atom. The van der Waals surface area contributed by atoms with Gasteiger partial charge in [-0.1, -0.05) is 27.2 Å². The summed E-state index contributed by atoms with van der Waals surface area (Å²) in [5.74, 6) is 0.846. The summed E-state index contributed by atoms with van der Waals surface area (Å²) in [4.78, 5) is 5.62. The third-order valence-corrected chi connectivity index (χ3v) is 5.28. The van der Waals surface area contributed by atoms with E-state index in [1.807, 2.05) is 0 Å². The van der Waals surface area contributed by atoms with Crippen LogP contribution in [0.25, 0.3) is 0 Å². The summed E-state index contributed by atoms with van der Waals surface area (Å²) in [7, 11) is 0. The zero-order chi connectivity index (χ0) is 13.8. The van der Waals surface area contributed by atoms with Crippen LogP contribution in [0.3, 0.4) is 0 Å². The minimum atomic E-state index is 0.774. The smallest absolute Gasteiger partial charge is 0.0224 e. The lowest BCUT2D eigenvalue weighted by Crippen LogP contribution is -2.61. The second-order valence-corrected chi connectivity index (χ2v) is 7.22. The molecule has 0 aromatic heterocycles. The Morgan fingerprint density at radius 1 is 1.05 bits per heavy atom. The van der Waals surface area contributed by atoms with Crippen molar-refractivity contribution >= 4 is 0 Å². The van der Waals surface area contributed by atoms with Gasteiger partial charge in [-0.05, 0) is 51.5 Å². The number of fused-ring (bicyclic) bond motifs is 1. The van der Waals surface area contributed by atoms with Gasteiger partial charge in [-0.2, -0.15) is 0 Å². The second kappa shape index (κ2) is 7.08. The van der Waals surface area contributed by atoms with Crippen molar-refractivity contribution in [2.75, 3.05) is 19.6 Å². The van der Waals surface area contributed by atoms with E-state index in [9.17, 15) is 0 Å². The van der Waals surface area contributed by atoms with Crippen molar-refractivity contribution in [1.82, 2.24) is 9.80 Å². The van der Waals surface area contributed by atoms with Gasteiger partial charge in [0.05, 0.1) is 0 Å². The minimum absolute atomic E-state index is 0.774. The van der Waals surface area contributed by atoms with Crippen LogP contribution >= 0.6 is 0 Å². The van der Waals surface area contributed by atoms with Crippen molar-refractivity contribution < 1.29 is 0 Å². The SMILES string of the molecule is CCC1CN2CCCCC2CN1C(C)CCC(C)C. The highest BCUT2D eigenvalue weighted by atomic mass is 15.3. The molecule has 2 heterocycles. The maximum Gasteiger partial charge on any atom is 0.0224 e. The number of rotatable bonds is 5. The Kier molecular flexibility index (Phi) is 5.70. The van der Waals surface area contributed by atoms with Gasteiger partial charge >= 0.3 is 0 Å². The summed E-state index contributed by atoms with van der Waals surface area (Å²) < 4.78 is 0. The fraction of sp³-hybridized carbons (Fsp3) is 1.00. The van der Waals surface area contributed by atoms with E-state index in [0.717, 1.165) is 24.0 Å². The van der Waals surface area contributed by atoms with Crippen molar-refractivity contribution in [1.29, 1.82) is 0 Å². The van der Waals surface area contributed by atoms with Crippen LogP contribution in [0.1, 0.15) is 66.2 Å². The Balaban J connectivity index is 1.93. The monoisotopic (exact) mass is 266 g/mol. The first kappa shape index (κ1) is 15.3. The van der Waals surface area contributed by atoms with E-state index in [-0.39, 0.29) is 0 Å². The molecule has 2 rings (SSSR count). The topological polar surface area (TPSA) is 6.48 Å². The second-order valence-electron chi connectivity index (χ2n) is 7.22. The predicted molar refractivity (Wildman–Crippen MR) is 83.5 cm³/mol. The summed E-state index contributed by atoms with van der Waals surface area (Å²) in [5, 5.41) is 0. The molecular formula is C17H34N2. The van der Waals surface area contributed by atoms with Crippen LogP contribution in [-0.4, -0.2) is 47.6 Å². The maximum atomic E-state index is 2.84. The number of hydrogen-bond donors (Lipinski definition) is 0. The van der Waals surface area contributed by atoms with Gasteiger partial charge < -0.3 is 0 Å². The van der Waals surface area contributed by atoms with Crippen LogP contribution in [0, 0.1) is 5.92 Å². The molecule has 0 N–H and O–H groups in total. The summed E-state index contributed by atoms with van der Waals surface area (Å²) in [6.45, 7) is 13.5. The summed E-state index contributed by atoms with van der Waals surface area (Å²) in [6.07, 6.45) is 8.38. The lowest BCUT2D eigenvalue weighted by Gasteiger charge is -2.50. The lowest BCUT2D eigenvalue weighted by molar-refractivity contribution is -0.0142. The molecule has 3 atom stereocenters. The highest BCUT2D eigenvalue weighted by molar-refractivity contribution is 4.92. The molecule has 0 aromatic rings. The first-order valence-corrected chi connectivity index (χ1v) is 8.61. The first-order valence-electron chi connectivity index (χ1n) is 8.61. The van der Waals surface area contributed by atoms with Crippen LogP contribution in [-0.2, 0) is 0 Å². The molecule has 0 radical (unpaired) electrons. The van der Waals surface area contributed by atoms with Crippen LogP contribution in [0.15, 0.2) is 0 Å². The Labute approximate surface area is 120 Å². The van der Waals surface area contributed by atoms with E-state index in [2.05, 4.69) is 37.5 Å². The van der Waals surface area contributed by atoms with Gasteiger partial charge in [0.15, 0.2) is 0 Å². The van der Waals surface area contributed by atoms with E-state index >= 15 is 0 Å². The Morgan fingerprint density at radius 3 is 2.53 bits per heavy atom. The quantitative estimate of drug-likeness (QED) is 0.747. The third kappa shape index (κ3) is 3.95. The largest absolute Gasteiger partial charge is 0.298 e. The van der Waals surface area contributed by atoms with E-state index < -0.39 is 0 Å².